The molecule has 1 fully saturated rings. The van der Waals surface area contributed by atoms with Crippen LogP contribution >= 0.6 is 22.9 Å². The average Bonchev–Trinajstić information content (AvgIpc) is 3.05. The van der Waals surface area contributed by atoms with Crippen LogP contribution in [-0.4, -0.2) is 54.1 Å². The molecule has 7 N–H and O–H groups in total. The fourth-order valence-electron chi connectivity index (χ4n) is 2.32. The number of amidine groups is 1. The van der Waals surface area contributed by atoms with Crippen molar-refractivity contribution in [3.8, 4) is 5.75 Å². The van der Waals surface area contributed by atoms with Crippen LogP contribution in [0.25, 0.3) is 0 Å². The monoisotopic (exact) mass is 451 g/mol. The summed E-state index contributed by atoms with van der Waals surface area (Å²) >= 11 is 7.07. The molecule has 2 heterocycles. The van der Waals surface area contributed by atoms with E-state index in [0.29, 0.717) is 17.9 Å². The van der Waals surface area contributed by atoms with Crippen LogP contribution in [0.15, 0.2) is 29.4 Å². The minimum Gasteiger partial charge on any atom is -0.490 e. The third-order valence-electron chi connectivity index (χ3n) is 3.91. The SMILES string of the molecule is N=C(N)c1ccc(OCCO/N=C(\C(=O)N[C@H]2CNC2=O)c2nc(N)sc2Cl)cc1. The molecule has 3 rings (SSSR count). The fourth-order valence-corrected chi connectivity index (χ4v) is 3.25. The molecule has 13 heteroatoms. The highest BCUT2D eigenvalue weighted by Crippen LogP contribution is 2.26. The molecule has 2 aromatic rings. The van der Waals surface area contributed by atoms with Crippen LogP contribution in [0.2, 0.25) is 4.34 Å². The van der Waals surface area contributed by atoms with Crippen molar-refractivity contribution in [2.75, 3.05) is 25.5 Å². The molecule has 0 radical (unpaired) electrons. The number of hydrogen-bond acceptors (Lipinski definition) is 9. The highest BCUT2D eigenvalue weighted by Gasteiger charge is 2.32. The number of anilines is 1. The van der Waals surface area contributed by atoms with E-state index in [9.17, 15) is 9.59 Å². The molecule has 158 valence electrons. The molecular formula is C17H18ClN7O4S. The second-order valence-electron chi connectivity index (χ2n) is 6.01. The van der Waals surface area contributed by atoms with Gasteiger partial charge in [0.25, 0.3) is 5.91 Å². The smallest absolute Gasteiger partial charge is 0.276 e. The number of thiazole rings is 1. The van der Waals surface area contributed by atoms with Crippen LogP contribution < -0.4 is 26.8 Å². The van der Waals surface area contributed by atoms with Crippen molar-refractivity contribution in [3.05, 3.63) is 39.9 Å². The van der Waals surface area contributed by atoms with E-state index in [0.717, 1.165) is 11.3 Å². The van der Waals surface area contributed by atoms with Crippen molar-refractivity contribution < 1.29 is 19.2 Å². The predicted octanol–water partition coefficient (Wildman–Crippen LogP) is 0.0771. The number of amides is 2. The number of halogens is 1. The number of oxime groups is 1. The van der Waals surface area contributed by atoms with Gasteiger partial charge in [0.1, 0.15) is 34.3 Å². The summed E-state index contributed by atoms with van der Waals surface area (Å²) in [4.78, 5) is 33.1. The maximum atomic E-state index is 12.5. The molecule has 1 saturated heterocycles. The van der Waals surface area contributed by atoms with E-state index < -0.39 is 11.9 Å². The van der Waals surface area contributed by atoms with Crippen LogP contribution in [0.5, 0.6) is 5.75 Å². The number of benzene rings is 1. The number of nitrogens with two attached hydrogens (primary N) is 2. The highest BCUT2D eigenvalue weighted by atomic mass is 35.5. The lowest BCUT2D eigenvalue weighted by molar-refractivity contribution is -0.131. The van der Waals surface area contributed by atoms with Gasteiger partial charge in [-0.25, -0.2) is 4.98 Å². The number of nitrogen functional groups attached to an aromatic ring is 2. The Morgan fingerprint density at radius 1 is 1.40 bits per heavy atom. The van der Waals surface area contributed by atoms with Gasteiger partial charge in [0, 0.05) is 12.1 Å². The molecule has 1 aromatic heterocycles. The number of nitrogens with zero attached hydrogens (tertiary/aromatic N) is 2. The lowest BCUT2D eigenvalue weighted by Gasteiger charge is -2.26. The number of β-lactam (4-membered cyclic amide) rings is 1. The van der Waals surface area contributed by atoms with Gasteiger partial charge in [0.2, 0.25) is 5.91 Å². The van der Waals surface area contributed by atoms with Gasteiger partial charge < -0.3 is 31.7 Å². The molecule has 1 aliphatic rings. The van der Waals surface area contributed by atoms with Gasteiger partial charge in [-0.3, -0.25) is 15.0 Å². The van der Waals surface area contributed by atoms with Gasteiger partial charge in [0.05, 0.1) is 0 Å². The van der Waals surface area contributed by atoms with Gasteiger partial charge in [-0.05, 0) is 24.3 Å². The molecule has 2 amide bonds. The quantitative estimate of drug-likeness (QED) is 0.118. The Morgan fingerprint density at radius 2 is 2.13 bits per heavy atom. The molecule has 0 saturated carbocycles. The van der Waals surface area contributed by atoms with Crippen LogP contribution in [0.3, 0.4) is 0 Å². The van der Waals surface area contributed by atoms with Crippen LogP contribution in [0.4, 0.5) is 5.13 Å². The highest BCUT2D eigenvalue weighted by molar-refractivity contribution is 7.19. The third-order valence-corrected chi connectivity index (χ3v) is 4.99. The van der Waals surface area contributed by atoms with E-state index >= 15 is 0 Å². The zero-order valence-corrected chi connectivity index (χ0v) is 17.0. The second kappa shape index (κ2) is 9.41. The minimum atomic E-state index is -0.664. The van der Waals surface area contributed by atoms with E-state index in [2.05, 4.69) is 20.8 Å². The Labute approximate surface area is 179 Å². The number of carbonyl (C=O) groups excluding carboxylic acids is 2. The fraction of sp³-hybridized carbons (Fsp3) is 0.235. The Hall–Kier alpha value is -3.38. The van der Waals surface area contributed by atoms with Crippen molar-refractivity contribution in [1.29, 1.82) is 5.41 Å². The van der Waals surface area contributed by atoms with Gasteiger partial charge in [0.15, 0.2) is 17.5 Å². The molecule has 30 heavy (non-hydrogen) atoms. The van der Waals surface area contributed by atoms with Crippen molar-refractivity contribution in [2.24, 2.45) is 10.9 Å². The maximum absolute atomic E-state index is 12.5. The number of aromatic nitrogens is 1. The number of rotatable bonds is 9. The predicted molar refractivity (Wildman–Crippen MR) is 112 cm³/mol. The molecule has 11 nitrogen and oxygen atoms in total. The van der Waals surface area contributed by atoms with E-state index in [-0.39, 0.29) is 45.8 Å². The average molecular weight is 452 g/mol. The molecule has 0 bridgehead atoms. The Morgan fingerprint density at radius 3 is 2.67 bits per heavy atom. The molecule has 0 aliphatic carbocycles. The largest absolute Gasteiger partial charge is 0.490 e. The topological polar surface area (TPSA) is 178 Å². The lowest BCUT2D eigenvalue weighted by Crippen LogP contribution is -2.62. The van der Waals surface area contributed by atoms with Crippen molar-refractivity contribution in [2.45, 2.75) is 6.04 Å². The second-order valence-corrected chi connectivity index (χ2v) is 7.64. The number of hydrogen-bond donors (Lipinski definition) is 5. The molecular weight excluding hydrogens is 434 g/mol. The third kappa shape index (κ3) is 5.15. The zero-order valence-electron chi connectivity index (χ0n) is 15.5. The first-order valence-corrected chi connectivity index (χ1v) is 9.82. The maximum Gasteiger partial charge on any atom is 0.276 e. The molecule has 0 unspecified atom stereocenters. The summed E-state index contributed by atoms with van der Waals surface area (Å²) in [5.41, 5.74) is 11.5. The summed E-state index contributed by atoms with van der Waals surface area (Å²) in [6.07, 6.45) is 0. The molecule has 1 aromatic carbocycles. The number of ether oxygens (including phenoxy) is 1. The van der Waals surface area contributed by atoms with Gasteiger partial charge in [-0.15, -0.1) is 0 Å². The van der Waals surface area contributed by atoms with Gasteiger partial charge in [-0.1, -0.05) is 28.1 Å². The zero-order chi connectivity index (χ0) is 21.7. The van der Waals surface area contributed by atoms with Crippen LogP contribution in [0, 0.1) is 5.41 Å². The summed E-state index contributed by atoms with van der Waals surface area (Å²) in [5, 5.41) is 16.4. The molecule has 0 spiro atoms. The van der Waals surface area contributed by atoms with Crippen molar-refractivity contribution in [1.82, 2.24) is 15.6 Å². The first-order valence-electron chi connectivity index (χ1n) is 8.63. The summed E-state index contributed by atoms with van der Waals surface area (Å²) < 4.78 is 5.67. The van der Waals surface area contributed by atoms with Crippen LogP contribution in [0.1, 0.15) is 11.3 Å². The first kappa shape index (κ1) is 21.3. The number of carbonyl (C=O) groups is 2. The number of nitrogens with one attached hydrogen (secondary N) is 3. The summed E-state index contributed by atoms with van der Waals surface area (Å²) in [6.45, 7) is 0.476. The Kier molecular flexibility index (Phi) is 6.69. The van der Waals surface area contributed by atoms with E-state index in [4.69, 9.17) is 38.1 Å². The Balaban J connectivity index is 1.60. The van der Waals surface area contributed by atoms with Gasteiger partial charge in [-0.2, -0.15) is 0 Å². The molecule has 1 aliphatic heterocycles. The Bertz CT molecular complexity index is 992. The van der Waals surface area contributed by atoms with Crippen molar-refractivity contribution >= 4 is 51.4 Å². The van der Waals surface area contributed by atoms with Crippen molar-refractivity contribution in [3.63, 3.8) is 0 Å². The summed E-state index contributed by atoms with van der Waals surface area (Å²) in [5.74, 6) is -0.443. The lowest BCUT2D eigenvalue weighted by atomic mass is 10.1. The van der Waals surface area contributed by atoms with E-state index in [1.807, 2.05) is 0 Å². The van der Waals surface area contributed by atoms with E-state index in [1.165, 1.54) is 0 Å². The summed E-state index contributed by atoms with van der Waals surface area (Å²) in [7, 11) is 0. The van der Waals surface area contributed by atoms with E-state index in [1.54, 1.807) is 24.3 Å². The van der Waals surface area contributed by atoms with Crippen LogP contribution in [-0.2, 0) is 14.4 Å². The molecule has 1 atom stereocenters. The standard InChI is InChI=1S/C17H18ClN7O4S/c18-13-11(24-17(21)30-13)12(16(27)23-10-7-22-15(10)26)25-29-6-5-28-9-3-1-8(2-4-9)14(19)20/h1-4,10H,5-7H2,(H3,19,20)(H2,21,24)(H,22,26)(H,23,27)/b25-12-/t10-/m0/s1. The van der Waals surface area contributed by atoms with Gasteiger partial charge >= 0.3 is 0 Å². The first-order chi connectivity index (χ1) is 14.3. The summed E-state index contributed by atoms with van der Waals surface area (Å²) in [6, 6.07) is 5.99. The minimum absolute atomic E-state index is 0.0202. The normalized spacial score (nSPS) is 15.7.